The van der Waals surface area contributed by atoms with Crippen LogP contribution in [0, 0.1) is 23.3 Å². The van der Waals surface area contributed by atoms with Crippen molar-refractivity contribution >= 4 is 10.8 Å². The summed E-state index contributed by atoms with van der Waals surface area (Å²) >= 11 is 0. The fourth-order valence-corrected chi connectivity index (χ4v) is 4.98. The van der Waals surface area contributed by atoms with Crippen LogP contribution in [0.3, 0.4) is 0 Å². The quantitative estimate of drug-likeness (QED) is 0.162. The molecule has 0 radical (unpaired) electrons. The molecule has 192 valence electrons. The van der Waals surface area contributed by atoms with Crippen LogP contribution in [0.2, 0.25) is 0 Å². The number of hydrogen-bond donors (Lipinski definition) is 1. The summed E-state index contributed by atoms with van der Waals surface area (Å²) in [5.41, 5.74) is 1.35. The van der Waals surface area contributed by atoms with Crippen molar-refractivity contribution in [1.82, 2.24) is 4.90 Å². The fraction of sp³-hybridized carbons (Fsp3) is 0.267. The summed E-state index contributed by atoms with van der Waals surface area (Å²) in [5.74, 6) is -5.81. The lowest BCUT2D eigenvalue weighted by molar-refractivity contribution is 0.183. The molecule has 4 aromatic rings. The van der Waals surface area contributed by atoms with Gasteiger partial charge in [-0.15, -0.1) is 0 Å². The molecule has 0 amide bonds. The van der Waals surface area contributed by atoms with Crippen molar-refractivity contribution in [3.8, 4) is 22.6 Å². The summed E-state index contributed by atoms with van der Waals surface area (Å²) in [6, 6.07) is 16.1. The first-order valence-electron chi connectivity index (χ1n) is 12.4. The van der Waals surface area contributed by atoms with E-state index in [2.05, 4.69) is 4.90 Å². The van der Waals surface area contributed by atoms with Crippen LogP contribution in [-0.2, 0) is 6.42 Å². The van der Waals surface area contributed by atoms with Gasteiger partial charge in [-0.2, -0.15) is 0 Å². The van der Waals surface area contributed by atoms with E-state index < -0.39 is 23.3 Å². The second kappa shape index (κ2) is 10.8. The van der Waals surface area contributed by atoms with Crippen molar-refractivity contribution in [2.24, 2.45) is 0 Å². The Kier molecular flexibility index (Phi) is 7.33. The first kappa shape index (κ1) is 25.1. The van der Waals surface area contributed by atoms with E-state index in [4.69, 9.17) is 4.74 Å². The van der Waals surface area contributed by atoms with Crippen molar-refractivity contribution in [3.63, 3.8) is 0 Å². The summed E-state index contributed by atoms with van der Waals surface area (Å²) in [4.78, 5) is 2.40. The number of halogens is 4. The van der Waals surface area contributed by atoms with E-state index in [-0.39, 0.29) is 16.9 Å². The van der Waals surface area contributed by atoms with Crippen molar-refractivity contribution in [2.45, 2.75) is 25.7 Å². The number of phenols is 1. The molecule has 1 heterocycles. The number of piperidine rings is 1. The van der Waals surface area contributed by atoms with Gasteiger partial charge in [-0.1, -0.05) is 36.8 Å². The minimum atomic E-state index is -1.85. The predicted octanol–water partition coefficient (Wildman–Crippen LogP) is 7.22. The van der Waals surface area contributed by atoms with Crippen molar-refractivity contribution < 1.29 is 27.4 Å². The van der Waals surface area contributed by atoms with E-state index in [0.29, 0.717) is 35.4 Å². The van der Waals surface area contributed by atoms with Gasteiger partial charge in [0.15, 0.2) is 23.3 Å². The van der Waals surface area contributed by atoms with Crippen LogP contribution < -0.4 is 4.74 Å². The van der Waals surface area contributed by atoms with Crippen LogP contribution in [0.25, 0.3) is 21.9 Å². The molecule has 7 heteroatoms. The van der Waals surface area contributed by atoms with E-state index >= 15 is 0 Å². The van der Waals surface area contributed by atoms with E-state index in [0.717, 1.165) is 30.9 Å². The van der Waals surface area contributed by atoms with Crippen LogP contribution in [-0.4, -0.2) is 36.2 Å². The Hall–Kier alpha value is -3.58. The average molecular weight is 510 g/mol. The number of likely N-dealkylation sites (tertiary alicyclic amines) is 1. The molecule has 3 nitrogen and oxygen atoms in total. The van der Waals surface area contributed by atoms with Gasteiger partial charge in [0.2, 0.25) is 0 Å². The Balaban J connectivity index is 1.44. The van der Waals surface area contributed by atoms with E-state index in [1.807, 2.05) is 24.3 Å². The van der Waals surface area contributed by atoms with Crippen LogP contribution in [0.1, 0.15) is 30.4 Å². The van der Waals surface area contributed by atoms with Gasteiger partial charge in [-0.25, -0.2) is 17.6 Å². The Morgan fingerprint density at radius 3 is 2.27 bits per heavy atom. The molecule has 1 saturated heterocycles. The fourth-order valence-electron chi connectivity index (χ4n) is 4.98. The monoisotopic (exact) mass is 509 g/mol. The minimum absolute atomic E-state index is 0.0577. The summed E-state index contributed by atoms with van der Waals surface area (Å²) in [6.45, 7) is 3.69. The summed E-state index contributed by atoms with van der Waals surface area (Å²) in [6.07, 6.45) is 4.05. The topological polar surface area (TPSA) is 32.7 Å². The molecule has 1 aliphatic rings. The zero-order valence-electron chi connectivity index (χ0n) is 20.2. The standard InChI is InChI=1S/C30H27F4NO2/c31-27-18-26(28(32)30(34)29(27)33)24-10-6-20-17-21(36)7-11-23(20)25(24)16-19-4-8-22(9-5-19)37-15-14-35-12-2-1-3-13-35/h4-11,17-18,36H,1-3,12-16H2. The number of hydrogen-bond acceptors (Lipinski definition) is 3. The molecule has 0 atom stereocenters. The third kappa shape index (κ3) is 5.42. The molecule has 1 aliphatic heterocycles. The third-order valence-corrected chi connectivity index (χ3v) is 6.94. The molecule has 0 spiro atoms. The number of ether oxygens (including phenoxy) is 1. The molecule has 0 unspecified atom stereocenters. The lowest BCUT2D eigenvalue weighted by Gasteiger charge is -2.26. The zero-order valence-corrected chi connectivity index (χ0v) is 20.2. The Morgan fingerprint density at radius 1 is 0.757 bits per heavy atom. The molecule has 1 fully saturated rings. The van der Waals surface area contributed by atoms with Gasteiger partial charge < -0.3 is 9.84 Å². The lowest BCUT2D eigenvalue weighted by atomic mass is 9.89. The molecule has 0 aliphatic carbocycles. The van der Waals surface area contributed by atoms with Gasteiger partial charge in [-0.05, 0) is 90.1 Å². The van der Waals surface area contributed by atoms with Crippen molar-refractivity contribution in [2.75, 3.05) is 26.2 Å². The van der Waals surface area contributed by atoms with Crippen molar-refractivity contribution in [1.29, 1.82) is 0 Å². The van der Waals surface area contributed by atoms with Gasteiger partial charge in [-0.3, -0.25) is 4.90 Å². The lowest BCUT2D eigenvalue weighted by Crippen LogP contribution is -2.33. The zero-order chi connectivity index (χ0) is 25.9. The second-order valence-corrected chi connectivity index (χ2v) is 9.42. The summed E-state index contributed by atoms with van der Waals surface area (Å²) < 4.78 is 62.5. The molecule has 1 N–H and O–H groups in total. The van der Waals surface area contributed by atoms with Gasteiger partial charge >= 0.3 is 0 Å². The largest absolute Gasteiger partial charge is 0.508 e. The maximum absolute atomic E-state index is 14.8. The Labute approximate surface area is 212 Å². The van der Waals surface area contributed by atoms with Gasteiger partial charge in [0.05, 0.1) is 0 Å². The maximum Gasteiger partial charge on any atom is 0.198 e. The van der Waals surface area contributed by atoms with Crippen molar-refractivity contribution in [3.05, 3.63) is 95.1 Å². The first-order valence-corrected chi connectivity index (χ1v) is 12.4. The summed E-state index contributed by atoms with van der Waals surface area (Å²) in [5, 5.41) is 11.3. The minimum Gasteiger partial charge on any atom is -0.508 e. The SMILES string of the molecule is Oc1ccc2c(Cc3ccc(OCCN4CCCCC4)cc3)c(-c3cc(F)c(F)c(F)c3F)ccc2c1. The normalized spacial score (nSPS) is 14.3. The first-order chi connectivity index (χ1) is 17.9. The van der Waals surface area contributed by atoms with Gasteiger partial charge in [0.1, 0.15) is 18.1 Å². The molecular formula is C30H27F4NO2. The molecule has 0 saturated carbocycles. The highest BCUT2D eigenvalue weighted by Gasteiger charge is 2.22. The molecular weight excluding hydrogens is 482 g/mol. The maximum atomic E-state index is 14.8. The highest BCUT2D eigenvalue weighted by atomic mass is 19.2. The van der Waals surface area contributed by atoms with Crippen LogP contribution in [0.15, 0.2) is 60.7 Å². The van der Waals surface area contributed by atoms with E-state index in [1.54, 1.807) is 18.2 Å². The Morgan fingerprint density at radius 2 is 1.51 bits per heavy atom. The number of benzene rings is 4. The average Bonchev–Trinajstić information content (AvgIpc) is 2.91. The van der Waals surface area contributed by atoms with E-state index in [9.17, 15) is 22.7 Å². The number of fused-ring (bicyclic) bond motifs is 1. The third-order valence-electron chi connectivity index (χ3n) is 6.94. The number of nitrogens with zero attached hydrogens (tertiary/aromatic N) is 1. The highest BCUT2D eigenvalue weighted by molar-refractivity contribution is 5.93. The van der Waals surface area contributed by atoms with Crippen LogP contribution in [0.5, 0.6) is 11.5 Å². The molecule has 37 heavy (non-hydrogen) atoms. The smallest absolute Gasteiger partial charge is 0.198 e. The second-order valence-electron chi connectivity index (χ2n) is 9.42. The van der Waals surface area contributed by atoms with Crippen LogP contribution in [0.4, 0.5) is 17.6 Å². The van der Waals surface area contributed by atoms with E-state index in [1.165, 1.54) is 31.4 Å². The molecule has 5 rings (SSSR count). The highest BCUT2D eigenvalue weighted by Crippen LogP contribution is 2.36. The summed E-state index contributed by atoms with van der Waals surface area (Å²) in [7, 11) is 0. The predicted molar refractivity (Wildman–Crippen MR) is 136 cm³/mol. The molecule has 0 bridgehead atoms. The molecule has 0 aromatic heterocycles. The number of rotatable bonds is 7. The number of aromatic hydroxyl groups is 1. The molecule has 4 aromatic carbocycles. The Bertz CT molecular complexity index is 1420. The number of phenolic OH excluding ortho intramolecular Hbond substituents is 1. The van der Waals surface area contributed by atoms with Crippen LogP contribution >= 0.6 is 0 Å². The van der Waals surface area contributed by atoms with Gasteiger partial charge in [0, 0.05) is 12.1 Å². The van der Waals surface area contributed by atoms with Gasteiger partial charge in [0.25, 0.3) is 0 Å².